The van der Waals surface area contributed by atoms with Crippen molar-refractivity contribution < 1.29 is 18.3 Å². The molecule has 0 spiro atoms. The maximum absolute atomic E-state index is 12.3. The van der Waals surface area contributed by atoms with Crippen LogP contribution in [0.25, 0.3) is 0 Å². The molecule has 0 radical (unpaired) electrons. The lowest BCUT2D eigenvalue weighted by atomic mass is 10.1. The summed E-state index contributed by atoms with van der Waals surface area (Å²) in [6.45, 7) is 1.44. The largest absolute Gasteiger partial charge is 0.478 e. The summed E-state index contributed by atoms with van der Waals surface area (Å²) in [6, 6.07) is 6.87. The summed E-state index contributed by atoms with van der Waals surface area (Å²) in [6.07, 6.45) is 1.36. The number of sulfonamides is 1. The van der Waals surface area contributed by atoms with E-state index in [9.17, 15) is 13.2 Å². The molecule has 2 rings (SSSR count). The van der Waals surface area contributed by atoms with Gasteiger partial charge in [0.05, 0.1) is 16.1 Å². The molecule has 0 atom stereocenters. The number of nitrogens with zero attached hydrogens (tertiary/aromatic N) is 1. The van der Waals surface area contributed by atoms with Crippen molar-refractivity contribution in [2.45, 2.75) is 11.8 Å². The van der Waals surface area contributed by atoms with Crippen LogP contribution in [0, 0.1) is 6.92 Å². The van der Waals surface area contributed by atoms with Crippen molar-refractivity contribution in [2.75, 3.05) is 4.72 Å². The molecule has 2 aromatic rings. The third kappa shape index (κ3) is 3.32. The minimum atomic E-state index is -3.92. The fourth-order valence-electron chi connectivity index (χ4n) is 1.81. The Morgan fingerprint density at radius 2 is 2.05 bits per heavy atom. The van der Waals surface area contributed by atoms with E-state index in [-0.39, 0.29) is 26.9 Å². The predicted molar refractivity (Wildman–Crippen MR) is 78.2 cm³/mol. The van der Waals surface area contributed by atoms with Crippen LogP contribution in [0.5, 0.6) is 0 Å². The van der Waals surface area contributed by atoms with E-state index in [1.807, 2.05) is 0 Å². The number of carboxylic acids is 1. The molecule has 1 heterocycles. The lowest BCUT2D eigenvalue weighted by molar-refractivity contribution is 0.0696. The van der Waals surface area contributed by atoms with E-state index >= 15 is 0 Å². The van der Waals surface area contributed by atoms with Gasteiger partial charge in [0.25, 0.3) is 10.0 Å². The van der Waals surface area contributed by atoms with Gasteiger partial charge in [-0.3, -0.25) is 4.72 Å². The van der Waals surface area contributed by atoms with Crippen LogP contribution in [-0.2, 0) is 10.0 Å². The summed E-state index contributed by atoms with van der Waals surface area (Å²) in [5.41, 5.74) is 0.346. The third-order valence-corrected chi connectivity index (χ3v) is 4.52. The van der Waals surface area contributed by atoms with E-state index in [2.05, 4.69) is 9.71 Å². The van der Waals surface area contributed by atoms with Crippen LogP contribution in [-0.4, -0.2) is 24.5 Å². The van der Waals surface area contributed by atoms with Crippen molar-refractivity contribution in [3.05, 3.63) is 52.8 Å². The van der Waals surface area contributed by atoms with Gasteiger partial charge in [-0.15, -0.1) is 0 Å². The van der Waals surface area contributed by atoms with Gasteiger partial charge >= 0.3 is 5.97 Å². The average molecular weight is 327 g/mol. The second-order valence-corrected chi connectivity index (χ2v) is 6.24. The van der Waals surface area contributed by atoms with Crippen LogP contribution in [0.1, 0.15) is 15.9 Å². The summed E-state index contributed by atoms with van der Waals surface area (Å²) in [5, 5.41) is 9.19. The van der Waals surface area contributed by atoms with E-state index in [1.165, 1.54) is 43.5 Å². The second-order valence-electron chi connectivity index (χ2n) is 4.21. The van der Waals surface area contributed by atoms with Crippen LogP contribution in [0.15, 0.2) is 41.4 Å². The Bertz CT molecular complexity index is 806. The van der Waals surface area contributed by atoms with Crippen molar-refractivity contribution in [1.29, 1.82) is 0 Å². The number of hydrogen-bond donors (Lipinski definition) is 2. The van der Waals surface area contributed by atoms with Crippen LogP contribution in [0.4, 0.5) is 5.69 Å². The minimum Gasteiger partial charge on any atom is -0.478 e. The maximum atomic E-state index is 12.3. The molecular formula is C13H11ClN2O4S. The van der Waals surface area contributed by atoms with Crippen molar-refractivity contribution >= 4 is 33.3 Å². The quantitative estimate of drug-likeness (QED) is 0.842. The second kappa shape index (κ2) is 5.71. The standard InChI is InChI=1S/C13H11ClN2O4S/c1-8-10(13(17)18)3-2-4-11(8)21(19,20)16-9-5-6-15-12(14)7-9/h2-7H,1H3,(H,15,16)(H,17,18). The lowest BCUT2D eigenvalue weighted by Gasteiger charge is -2.11. The van der Waals surface area contributed by atoms with Gasteiger partial charge in [-0.25, -0.2) is 18.2 Å². The van der Waals surface area contributed by atoms with Crippen LogP contribution in [0.3, 0.4) is 0 Å². The zero-order valence-electron chi connectivity index (χ0n) is 10.9. The van der Waals surface area contributed by atoms with Gasteiger partial charge in [0.1, 0.15) is 5.15 Å². The Hall–Kier alpha value is -2.12. The van der Waals surface area contributed by atoms with E-state index in [4.69, 9.17) is 16.7 Å². The Morgan fingerprint density at radius 3 is 2.67 bits per heavy atom. The highest BCUT2D eigenvalue weighted by Crippen LogP contribution is 2.22. The molecular weight excluding hydrogens is 316 g/mol. The average Bonchev–Trinajstić information content (AvgIpc) is 2.37. The zero-order valence-corrected chi connectivity index (χ0v) is 12.4. The molecule has 0 saturated heterocycles. The van der Waals surface area contributed by atoms with Crippen molar-refractivity contribution in [3.8, 4) is 0 Å². The molecule has 0 aliphatic rings. The zero-order chi connectivity index (χ0) is 15.6. The van der Waals surface area contributed by atoms with Crippen LogP contribution < -0.4 is 4.72 Å². The van der Waals surface area contributed by atoms with Crippen molar-refractivity contribution in [1.82, 2.24) is 4.98 Å². The summed E-state index contributed by atoms with van der Waals surface area (Å²) >= 11 is 5.69. The van der Waals surface area contributed by atoms with Gasteiger partial charge in [0, 0.05) is 6.20 Å². The molecule has 0 amide bonds. The summed E-state index contributed by atoms with van der Waals surface area (Å²) in [5.74, 6) is -1.18. The Morgan fingerprint density at radius 1 is 1.33 bits per heavy atom. The summed E-state index contributed by atoms with van der Waals surface area (Å²) in [7, 11) is -3.92. The lowest BCUT2D eigenvalue weighted by Crippen LogP contribution is -2.16. The number of nitrogens with one attached hydrogen (secondary N) is 1. The molecule has 0 saturated carbocycles. The maximum Gasteiger partial charge on any atom is 0.335 e. The predicted octanol–water partition coefficient (Wildman–Crippen LogP) is 2.54. The van der Waals surface area contributed by atoms with Crippen LogP contribution in [0.2, 0.25) is 5.15 Å². The first-order valence-electron chi connectivity index (χ1n) is 5.78. The molecule has 0 fully saturated rings. The number of carboxylic acid groups (broad SMARTS) is 1. The number of anilines is 1. The molecule has 110 valence electrons. The van der Waals surface area contributed by atoms with E-state index < -0.39 is 16.0 Å². The highest BCUT2D eigenvalue weighted by atomic mass is 35.5. The highest BCUT2D eigenvalue weighted by Gasteiger charge is 2.20. The Kier molecular flexibility index (Phi) is 4.15. The fourth-order valence-corrected chi connectivity index (χ4v) is 3.31. The number of pyridine rings is 1. The molecule has 1 aromatic heterocycles. The van der Waals surface area contributed by atoms with Gasteiger partial charge in [0.2, 0.25) is 0 Å². The first-order chi connectivity index (χ1) is 9.81. The summed E-state index contributed by atoms with van der Waals surface area (Å²) < 4.78 is 27.0. The third-order valence-electron chi connectivity index (χ3n) is 2.78. The SMILES string of the molecule is Cc1c(C(=O)O)cccc1S(=O)(=O)Nc1ccnc(Cl)c1. The molecule has 0 aliphatic heterocycles. The first kappa shape index (κ1) is 15.3. The Labute approximate surface area is 126 Å². The Balaban J connectivity index is 2.45. The van der Waals surface area contributed by atoms with Gasteiger partial charge in [-0.05, 0) is 36.8 Å². The molecule has 0 aliphatic carbocycles. The van der Waals surface area contributed by atoms with Crippen molar-refractivity contribution in [3.63, 3.8) is 0 Å². The molecule has 0 bridgehead atoms. The minimum absolute atomic E-state index is 0.0642. The topological polar surface area (TPSA) is 96.4 Å². The van der Waals surface area contributed by atoms with E-state index in [0.29, 0.717) is 0 Å². The molecule has 6 nitrogen and oxygen atoms in total. The molecule has 8 heteroatoms. The number of halogens is 1. The first-order valence-corrected chi connectivity index (χ1v) is 7.64. The number of hydrogen-bond acceptors (Lipinski definition) is 4. The number of rotatable bonds is 4. The fraction of sp³-hybridized carbons (Fsp3) is 0.0769. The highest BCUT2D eigenvalue weighted by molar-refractivity contribution is 7.92. The summed E-state index contributed by atoms with van der Waals surface area (Å²) in [4.78, 5) is 14.7. The van der Waals surface area contributed by atoms with Crippen LogP contribution >= 0.6 is 11.6 Å². The number of carbonyl (C=O) groups is 1. The van der Waals surface area contributed by atoms with Gasteiger partial charge in [0.15, 0.2) is 0 Å². The van der Waals surface area contributed by atoms with Gasteiger partial charge < -0.3 is 5.11 Å². The normalized spacial score (nSPS) is 11.1. The van der Waals surface area contributed by atoms with E-state index in [1.54, 1.807) is 0 Å². The monoisotopic (exact) mass is 326 g/mol. The smallest absolute Gasteiger partial charge is 0.335 e. The van der Waals surface area contributed by atoms with Gasteiger partial charge in [-0.2, -0.15) is 0 Å². The van der Waals surface area contributed by atoms with E-state index in [0.717, 1.165) is 0 Å². The molecule has 0 unspecified atom stereocenters. The molecule has 2 N–H and O–H groups in total. The van der Waals surface area contributed by atoms with Gasteiger partial charge in [-0.1, -0.05) is 17.7 Å². The number of aromatic nitrogens is 1. The number of benzene rings is 1. The molecule has 1 aromatic carbocycles. The number of aromatic carboxylic acids is 1. The van der Waals surface area contributed by atoms with Crippen molar-refractivity contribution in [2.24, 2.45) is 0 Å². The molecule has 21 heavy (non-hydrogen) atoms.